The first-order valence-corrected chi connectivity index (χ1v) is 8.22. The highest BCUT2D eigenvalue weighted by Crippen LogP contribution is 2.41. The molecule has 2 aliphatic rings. The summed E-state index contributed by atoms with van der Waals surface area (Å²) in [4.78, 5) is 5.86. The standard InChI is InChI=1S/C15H24N2S/c1-2-13-5-6-15(18-13)14(11-12-3-4-12)17-9-7-16-8-10-17/h5-6,12,14,16H,2-4,7-11H2,1H3/t14-/m1/s1. The molecule has 0 amide bonds. The Hall–Kier alpha value is -0.380. The van der Waals surface area contributed by atoms with E-state index in [9.17, 15) is 0 Å². The van der Waals surface area contributed by atoms with Gasteiger partial charge in [-0.05, 0) is 30.9 Å². The van der Waals surface area contributed by atoms with Gasteiger partial charge in [0.05, 0.1) is 0 Å². The summed E-state index contributed by atoms with van der Waals surface area (Å²) in [5, 5.41) is 3.47. The molecule has 0 spiro atoms. The summed E-state index contributed by atoms with van der Waals surface area (Å²) >= 11 is 2.04. The molecule has 1 saturated carbocycles. The minimum Gasteiger partial charge on any atom is -0.314 e. The Balaban J connectivity index is 1.74. The number of rotatable bonds is 5. The number of hydrogen-bond donors (Lipinski definition) is 1. The molecule has 1 aromatic heterocycles. The zero-order chi connectivity index (χ0) is 12.4. The molecule has 2 fully saturated rings. The Morgan fingerprint density at radius 1 is 1.33 bits per heavy atom. The van der Waals surface area contributed by atoms with E-state index in [2.05, 4.69) is 29.3 Å². The van der Waals surface area contributed by atoms with Gasteiger partial charge in [0.1, 0.15) is 0 Å². The molecule has 0 unspecified atom stereocenters. The van der Waals surface area contributed by atoms with E-state index in [-0.39, 0.29) is 0 Å². The second-order valence-electron chi connectivity index (χ2n) is 5.64. The number of nitrogens with zero attached hydrogens (tertiary/aromatic N) is 1. The summed E-state index contributed by atoms with van der Waals surface area (Å²) in [5.41, 5.74) is 0. The third-order valence-electron chi connectivity index (χ3n) is 4.21. The van der Waals surface area contributed by atoms with Crippen LogP contribution in [0.5, 0.6) is 0 Å². The van der Waals surface area contributed by atoms with Gasteiger partial charge in [0.2, 0.25) is 0 Å². The van der Waals surface area contributed by atoms with Crippen molar-refractivity contribution in [2.45, 2.75) is 38.6 Å². The Labute approximate surface area is 114 Å². The van der Waals surface area contributed by atoms with Crippen LogP contribution >= 0.6 is 11.3 Å². The lowest BCUT2D eigenvalue weighted by Crippen LogP contribution is -2.45. The van der Waals surface area contributed by atoms with Gasteiger partial charge in [0, 0.05) is 42.0 Å². The van der Waals surface area contributed by atoms with Crippen LogP contribution in [0.1, 0.15) is 42.0 Å². The molecule has 3 heteroatoms. The van der Waals surface area contributed by atoms with Gasteiger partial charge in [-0.1, -0.05) is 19.8 Å². The van der Waals surface area contributed by atoms with Gasteiger partial charge in [0.15, 0.2) is 0 Å². The summed E-state index contributed by atoms with van der Waals surface area (Å²) in [6.07, 6.45) is 5.51. The first kappa shape index (κ1) is 12.6. The van der Waals surface area contributed by atoms with Crippen LogP contribution in [0.4, 0.5) is 0 Å². The fourth-order valence-electron chi connectivity index (χ4n) is 2.87. The van der Waals surface area contributed by atoms with Crippen molar-refractivity contribution in [3.8, 4) is 0 Å². The maximum absolute atomic E-state index is 3.47. The average Bonchev–Trinajstić information content (AvgIpc) is 3.12. The molecule has 1 N–H and O–H groups in total. The van der Waals surface area contributed by atoms with Gasteiger partial charge < -0.3 is 5.32 Å². The van der Waals surface area contributed by atoms with Crippen molar-refractivity contribution in [2.24, 2.45) is 5.92 Å². The average molecular weight is 264 g/mol. The fraction of sp³-hybridized carbons (Fsp3) is 0.733. The van der Waals surface area contributed by atoms with E-state index >= 15 is 0 Å². The van der Waals surface area contributed by atoms with Crippen molar-refractivity contribution in [3.63, 3.8) is 0 Å². The van der Waals surface area contributed by atoms with Gasteiger partial charge in [-0.15, -0.1) is 11.3 Å². The van der Waals surface area contributed by atoms with Gasteiger partial charge in [0.25, 0.3) is 0 Å². The number of piperazine rings is 1. The van der Waals surface area contributed by atoms with Crippen molar-refractivity contribution >= 4 is 11.3 Å². The lowest BCUT2D eigenvalue weighted by atomic mass is 10.1. The molecular weight excluding hydrogens is 240 g/mol. The highest BCUT2D eigenvalue weighted by molar-refractivity contribution is 7.12. The predicted octanol–water partition coefficient (Wildman–Crippen LogP) is 3.06. The monoisotopic (exact) mass is 264 g/mol. The first-order valence-electron chi connectivity index (χ1n) is 7.40. The number of aryl methyl sites for hydroxylation is 1. The van der Waals surface area contributed by atoms with Crippen molar-refractivity contribution < 1.29 is 0 Å². The zero-order valence-corrected chi connectivity index (χ0v) is 12.1. The lowest BCUT2D eigenvalue weighted by Gasteiger charge is -2.34. The summed E-state index contributed by atoms with van der Waals surface area (Å²) in [6.45, 7) is 7.02. The Kier molecular flexibility index (Phi) is 4.02. The molecule has 100 valence electrons. The molecule has 2 nitrogen and oxygen atoms in total. The second kappa shape index (κ2) is 5.72. The quantitative estimate of drug-likeness (QED) is 0.879. The van der Waals surface area contributed by atoms with Gasteiger partial charge in [-0.3, -0.25) is 4.90 Å². The Morgan fingerprint density at radius 2 is 2.11 bits per heavy atom. The topological polar surface area (TPSA) is 15.3 Å². The van der Waals surface area contributed by atoms with E-state index in [1.807, 2.05) is 11.3 Å². The van der Waals surface area contributed by atoms with Crippen molar-refractivity contribution in [1.29, 1.82) is 0 Å². The maximum Gasteiger partial charge on any atom is 0.0445 e. The van der Waals surface area contributed by atoms with E-state index in [1.54, 1.807) is 9.75 Å². The maximum atomic E-state index is 3.47. The third kappa shape index (κ3) is 2.95. The lowest BCUT2D eigenvalue weighted by molar-refractivity contribution is 0.163. The predicted molar refractivity (Wildman–Crippen MR) is 78.2 cm³/mol. The molecule has 0 aromatic carbocycles. The Bertz CT molecular complexity index is 378. The van der Waals surface area contributed by atoms with Crippen LogP contribution in [0.25, 0.3) is 0 Å². The number of thiophene rings is 1. The second-order valence-corrected chi connectivity index (χ2v) is 6.84. The van der Waals surface area contributed by atoms with Crippen molar-refractivity contribution in [1.82, 2.24) is 10.2 Å². The van der Waals surface area contributed by atoms with E-state index in [4.69, 9.17) is 0 Å². The smallest absolute Gasteiger partial charge is 0.0445 e. The summed E-state index contributed by atoms with van der Waals surface area (Å²) < 4.78 is 0. The SMILES string of the molecule is CCc1ccc([C@@H](CC2CC2)N2CCNCC2)s1. The normalized spacial score (nSPS) is 23.2. The van der Waals surface area contributed by atoms with Gasteiger partial charge >= 0.3 is 0 Å². The molecule has 1 saturated heterocycles. The summed E-state index contributed by atoms with van der Waals surface area (Å²) in [7, 11) is 0. The summed E-state index contributed by atoms with van der Waals surface area (Å²) in [6, 6.07) is 5.42. The Morgan fingerprint density at radius 3 is 2.72 bits per heavy atom. The van der Waals surface area contributed by atoms with Crippen LogP contribution in [0.15, 0.2) is 12.1 Å². The van der Waals surface area contributed by atoms with E-state index in [1.165, 1.54) is 38.8 Å². The van der Waals surface area contributed by atoms with Crippen LogP contribution < -0.4 is 5.32 Å². The van der Waals surface area contributed by atoms with E-state index in [0.29, 0.717) is 6.04 Å². The number of hydrogen-bond acceptors (Lipinski definition) is 3. The summed E-state index contributed by atoms with van der Waals surface area (Å²) in [5.74, 6) is 1.01. The molecule has 0 bridgehead atoms. The zero-order valence-electron chi connectivity index (χ0n) is 11.3. The molecular formula is C15H24N2S. The van der Waals surface area contributed by atoms with Gasteiger partial charge in [-0.25, -0.2) is 0 Å². The minimum atomic E-state index is 0.699. The molecule has 2 heterocycles. The molecule has 1 aromatic rings. The highest BCUT2D eigenvalue weighted by atomic mass is 32.1. The molecule has 3 rings (SSSR count). The molecule has 1 aliphatic carbocycles. The fourth-order valence-corrected chi connectivity index (χ4v) is 3.97. The molecule has 1 aliphatic heterocycles. The number of nitrogens with one attached hydrogen (secondary N) is 1. The van der Waals surface area contributed by atoms with Crippen LogP contribution in [-0.2, 0) is 6.42 Å². The minimum absolute atomic E-state index is 0.699. The van der Waals surface area contributed by atoms with Crippen LogP contribution in [-0.4, -0.2) is 31.1 Å². The molecule has 18 heavy (non-hydrogen) atoms. The van der Waals surface area contributed by atoms with Crippen LogP contribution in [0.3, 0.4) is 0 Å². The van der Waals surface area contributed by atoms with Crippen molar-refractivity contribution in [3.05, 3.63) is 21.9 Å². The molecule has 1 atom stereocenters. The van der Waals surface area contributed by atoms with Crippen LogP contribution in [0, 0.1) is 5.92 Å². The third-order valence-corrected chi connectivity index (χ3v) is 5.54. The van der Waals surface area contributed by atoms with Crippen LogP contribution in [0.2, 0.25) is 0 Å². The van der Waals surface area contributed by atoms with E-state index in [0.717, 1.165) is 19.0 Å². The van der Waals surface area contributed by atoms with Gasteiger partial charge in [-0.2, -0.15) is 0 Å². The highest BCUT2D eigenvalue weighted by Gasteiger charge is 2.31. The van der Waals surface area contributed by atoms with Crippen molar-refractivity contribution in [2.75, 3.05) is 26.2 Å². The first-order chi connectivity index (χ1) is 8.86. The molecule has 0 radical (unpaired) electrons. The largest absolute Gasteiger partial charge is 0.314 e. The van der Waals surface area contributed by atoms with E-state index < -0.39 is 0 Å².